The first-order valence-corrected chi connectivity index (χ1v) is 11.3. The quantitative estimate of drug-likeness (QED) is 0.284. The average molecular weight is 432 g/mol. The van der Waals surface area contributed by atoms with Gasteiger partial charge in [0.2, 0.25) is 5.91 Å². The van der Waals surface area contributed by atoms with Crippen molar-refractivity contribution >= 4 is 5.91 Å². The molecule has 1 aliphatic rings. The largest absolute Gasteiger partial charge is 0.493 e. The second-order valence-corrected chi connectivity index (χ2v) is 8.07. The third-order valence-electron chi connectivity index (χ3n) is 5.62. The number of aliphatic hydroxyl groups is 3. The second-order valence-electron chi connectivity index (χ2n) is 8.07. The summed E-state index contributed by atoms with van der Waals surface area (Å²) in [5, 5.41) is 33.7. The zero-order valence-electron chi connectivity index (χ0n) is 18.4. The first-order valence-electron chi connectivity index (χ1n) is 11.3. The minimum atomic E-state index is -0.667. The summed E-state index contributed by atoms with van der Waals surface area (Å²) in [6, 6.07) is 9.46. The van der Waals surface area contributed by atoms with Gasteiger partial charge in [0.05, 0.1) is 24.9 Å². The van der Waals surface area contributed by atoms with Gasteiger partial charge < -0.3 is 25.4 Å². The Hall–Kier alpha value is -2.15. The van der Waals surface area contributed by atoms with E-state index in [4.69, 9.17) is 4.74 Å². The van der Waals surface area contributed by atoms with Crippen LogP contribution in [0, 0.1) is 11.8 Å². The Morgan fingerprint density at radius 1 is 1.23 bits per heavy atom. The van der Waals surface area contributed by atoms with Crippen LogP contribution >= 0.6 is 0 Å². The molecule has 5 atom stereocenters. The van der Waals surface area contributed by atoms with E-state index in [1.165, 1.54) is 0 Å². The maximum absolute atomic E-state index is 11.4. The number of hydrogen-bond donors (Lipinski definition) is 4. The maximum atomic E-state index is 11.4. The normalized spacial score (nSPS) is 24.6. The first-order chi connectivity index (χ1) is 15.0. The fourth-order valence-electron chi connectivity index (χ4n) is 3.91. The molecule has 4 N–H and O–H groups in total. The Balaban J connectivity index is 1.74. The van der Waals surface area contributed by atoms with Crippen molar-refractivity contribution in [3.8, 4) is 5.75 Å². The molecular weight excluding hydrogens is 394 g/mol. The Morgan fingerprint density at radius 2 is 2.00 bits per heavy atom. The summed E-state index contributed by atoms with van der Waals surface area (Å²) in [5.41, 5.74) is 0. The Bertz CT molecular complexity index is 690. The number of ether oxygens (including phenoxy) is 1. The number of carbonyl (C=O) groups is 1. The highest BCUT2D eigenvalue weighted by Gasteiger charge is 2.39. The van der Waals surface area contributed by atoms with Crippen LogP contribution in [0.25, 0.3) is 0 Å². The number of unbranched alkanes of at least 4 members (excludes halogenated alkanes) is 1. The molecule has 6 nitrogen and oxygen atoms in total. The molecule has 1 fully saturated rings. The lowest BCUT2D eigenvalue weighted by atomic mass is 9.89. The molecule has 1 saturated carbocycles. The number of rotatable bonds is 13. The number of nitrogens with one attached hydrogen (secondary N) is 1. The first kappa shape index (κ1) is 25.1. The summed E-state index contributed by atoms with van der Waals surface area (Å²) in [6.45, 7) is 2.95. The van der Waals surface area contributed by atoms with E-state index in [0.717, 1.165) is 18.6 Å². The predicted octanol–water partition coefficient (Wildman–Crippen LogP) is 2.98. The molecular formula is C25H37NO5. The van der Waals surface area contributed by atoms with Crippen molar-refractivity contribution in [2.24, 2.45) is 11.8 Å². The van der Waals surface area contributed by atoms with E-state index >= 15 is 0 Å². The van der Waals surface area contributed by atoms with Crippen molar-refractivity contribution < 1.29 is 24.9 Å². The fraction of sp³-hybridized carbons (Fsp3) is 0.560. The Morgan fingerprint density at radius 3 is 2.74 bits per heavy atom. The van der Waals surface area contributed by atoms with Crippen molar-refractivity contribution in [2.75, 3.05) is 13.2 Å². The number of carbonyl (C=O) groups excluding carboxylic acids is 1. The maximum Gasteiger partial charge on any atom is 0.219 e. The van der Waals surface area contributed by atoms with Gasteiger partial charge in [-0.25, -0.2) is 0 Å². The topological polar surface area (TPSA) is 99.0 Å². The van der Waals surface area contributed by atoms with E-state index in [2.05, 4.69) is 5.32 Å². The molecule has 2 rings (SSSR count). The molecule has 1 amide bonds. The molecule has 31 heavy (non-hydrogen) atoms. The van der Waals surface area contributed by atoms with Gasteiger partial charge in [0.15, 0.2) is 0 Å². The minimum Gasteiger partial charge on any atom is -0.493 e. The van der Waals surface area contributed by atoms with Gasteiger partial charge in [-0.3, -0.25) is 4.79 Å². The smallest absolute Gasteiger partial charge is 0.219 e. The Labute approximate surface area is 185 Å². The van der Waals surface area contributed by atoms with E-state index in [9.17, 15) is 20.1 Å². The van der Waals surface area contributed by atoms with Gasteiger partial charge >= 0.3 is 0 Å². The highest BCUT2D eigenvalue weighted by atomic mass is 16.5. The van der Waals surface area contributed by atoms with Crippen LogP contribution in [0.5, 0.6) is 5.75 Å². The molecule has 0 unspecified atom stereocenters. The summed E-state index contributed by atoms with van der Waals surface area (Å²) in [4.78, 5) is 11.4. The summed E-state index contributed by atoms with van der Waals surface area (Å²) in [5.74, 6) is 0.562. The highest BCUT2D eigenvalue weighted by molar-refractivity contribution is 5.75. The lowest BCUT2D eigenvalue weighted by Gasteiger charge is -2.19. The van der Waals surface area contributed by atoms with Crippen LogP contribution < -0.4 is 10.1 Å². The lowest BCUT2D eigenvalue weighted by molar-refractivity contribution is -0.121. The highest BCUT2D eigenvalue weighted by Crippen LogP contribution is 2.36. The van der Waals surface area contributed by atoms with Crippen LogP contribution in [0.15, 0.2) is 54.6 Å². The summed E-state index contributed by atoms with van der Waals surface area (Å²) < 4.78 is 5.60. The number of amides is 1. The molecule has 0 spiro atoms. The van der Waals surface area contributed by atoms with Crippen LogP contribution in [0.4, 0.5) is 0 Å². The summed E-state index contributed by atoms with van der Waals surface area (Å²) in [7, 11) is 0. The van der Waals surface area contributed by atoms with Crippen molar-refractivity contribution in [3.05, 3.63) is 54.6 Å². The molecule has 1 aromatic rings. The van der Waals surface area contributed by atoms with Gasteiger partial charge in [-0.05, 0) is 44.2 Å². The zero-order chi connectivity index (χ0) is 22.5. The van der Waals surface area contributed by atoms with Crippen LogP contribution in [0.1, 0.15) is 45.4 Å². The monoisotopic (exact) mass is 431 g/mol. The lowest BCUT2D eigenvalue weighted by Crippen LogP contribution is -2.21. The molecule has 0 aromatic heterocycles. The van der Waals surface area contributed by atoms with E-state index in [1.807, 2.05) is 55.5 Å². The molecule has 1 aliphatic carbocycles. The van der Waals surface area contributed by atoms with Crippen molar-refractivity contribution in [2.45, 2.75) is 63.8 Å². The van der Waals surface area contributed by atoms with Gasteiger partial charge in [0, 0.05) is 31.7 Å². The van der Waals surface area contributed by atoms with Crippen molar-refractivity contribution in [1.29, 1.82) is 0 Å². The van der Waals surface area contributed by atoms with E-state index in [0.29, 0.717) is 38.8 Å². The van der Waals surface area contributed by atoms with E-state index in [1.54, 1.807) is 6.08 Å². The molecule has 1 aromatic carbocycles. The molecule has 0 radical (unpaired) electrons. The number of benzene rings is 1. The average Bonchev–Trinajstić information content (AvgIpc) is 3.02. The van der Waals surface area contributed by atoms with Gasteiger partial charge in [0.1, 0.15) is 5.75 Å². The Kier molecular flexibility index (Phi) is 11.4. The number of aliphatic hydroxyl groups excluding tert-OH is 3. The van der Waals surface area contributed by atoms with Gasteiger partial charge in [-0.1, -0.05) is 42.5 Å². The SMILES string of the molecule is CCNC(=O)CCC/C=C\C[C@@H]1[C@@H](/C=C/[C@@H](O)CCOc2ccccc2)[C@H](O)C[C@@H]1O. The van der Waals surface area contributed by atoms with Crippen LogP contribution in [0.2, 0.25) is 0 Å². The van der Waals surface area contributed by atoms with Gasteiger partial charge in [-0.15, -0.1) is 0 Å². The molecule has 0 bridgehead atoms. The third-order valence-corrected chi connectivity index (χ3v) is 5.62. The van der Waals surface area contributed by atoms with E-state index < -0.39 is 18.3 Å². The molecule has 0 saturated heterocycles. The van der Waals surface area contributed by atoms with Gasteiger partial charge in [-0.2, -0.15) is 0 Å². The molecule has 6 heteroatoms. The third kappa shape index (κ3) is 9.25. The standard InChI is InChI=1S/C25H37NO5/c1-2-26-25(30)13-9-4-3-8-12-21-22(24(29)18-23(21)28)15-14-19(27)16-17-31-20-10-6-5-7-11-20/h3,5-8,10-11,14-15,19,21-24,27-29H,2,4,9,12-13,16-18H2,1H3,(H,26,30)/b8-3-,15-14+/t19-,21-,22-,23+,24-/m1/s1. The molecule has 0 heterocycles. The summed E-state index contributed by atoms with van der Waals surface area (Å²) in [6.07, 6.45) is 9.30. The minimum absolute atomic E-state index is 0.0724. The predicted molar refractivity (Wildman–Crippen MR) is 122 cm³/mol. The van der Waals surface area contributed by atoms with Crippen LogP contribution in [-0.2, 0) is 4.79 Å². The number of allylic oxidation sites excluding steroid dienone is 2. The van der Waals surface area contributed by atoms with Crippen LogP contribution in [0.3, 0.4) is 0 Å². The fourth-order valence-corrected chi connectivity index (χ4v) is 3.91. The molecule has 0 aliphatic heterocycles. The summed E-state index contributed by atoms with van der Waals surface area (Å²) >= 11 is 0. The number of hydrogen-bond acceptors (Lipinski definition) is 5. The second kappa shape index (κ2) is 14.0. The van der Waals surface area contributed by atoms with E-state index in [-0.39, 0.29) is 17.7 Å². The number of para-hydroxylation sites is 1. The van der Waals surface area contributed by atoms with Crippen molar-refractivity contribution in [3.63, 3.8) is 0 Å². The van der Waals surface area contributed by atoms with Crippen molar-refractivity contribution in [1.82, 2.24) is 5.32 Å². The van der Waals surface area contributed by atoms with Crippen LogP contribution in [-0.4, -0.2) is 52.7 Å². The molecule has 172 valence electrons. The van der Waals surface area contributed by atoms with Gasteiger partial charge in [0.25, 0.3) is 0 Å². The zero-order valence-corrected chi connectivity index (χ0v) is 18.4.